The summed E-state index contributed by atoms with van der Waals surface area (Å²) < 4.78 is 100. The van der Waals surface area contributed by atoms with Crippen LogP contribution in [0.1, 0.15) is 22.6 Å². The number of benzene rings is 4. The quantitative estimate of drug-likeness (QED) is 0.0536. The molecule has 0 atom stereocenters. The third-order valence-electron chi connectivity index (χ3n) is 7.38. The van der Waals surface area contributed by atoms with Crippen LogP contribution in [0, 0.1) is 12.5 Å². The molecule has 15 heteroatoms. The van der Waals surface area contributed by atoms with Crippen LogP contribution in [-0.4, -0.2) is 32.7 Å². The largest absolute Gasteiger partial charge is 0.455 e. The second-order valence-corrected chi connectivity index (χ2v) is 14.5. The lowest BCUT2D eigenvalue weighted by Crippen LogP contribution is -2.31. The Kier molecular flexibility index (Phi) is 9.34. The summed E-state index contributed by atoms with van der Waals surface area (Å²) in [7, 11) is -8.21. The molecule has 0 bridgehead atoms. The van der Waals surface area contributed by atoms with E-state index in [1.165, 1.54) is 12.1 Å². The van der Waals surface area contributed by atoms with E-state index in [0.29, 0.717) is 33.0 Å². The maximum Gasteiger partial charge on any atom is 0.449 e. The molecule has 0 aliphatic carbocycles. The van der Waals surface area contributed by atoms with E-state index in [-0.39, 0.29) is 27.9 Å². The SMILES string of the molecule is Cc1ccc2ccccc2c1S(=O)(=O)N(Cc1ccc(-c2cccc(S(=O)(=O)C/C(N=N)=N/N)c2)cc1)Cc1ccc(C(F)(F)F)o1. The highest BCUT2D eigenvalue weighted by Crippen LogP contribution is 2.34. The fraction of sp³-hybridized carbons (Fsp3) is 0.156. The second-order valence-electron chi connectivity index (χ2n) is 10.6. The predicted octanol–water partition coefficient (Wildman–Crippen LogP) is 6.89. The first-order valence-electron chi connectivity index (χ1n) is 13.9. The zero-order valence-corrected chi connectivity index (χ0v) is 26.4. The summed E-state index contributed by atoms with van der Waals surface area (Å²) >= 11 is 0. The van der Waals surface area contributed by atoms with E-state index < -0.39 is 44.1 Å². The summed E-state index contributed by atoms with van der Waals surface area (Å²) in [5, 5.41) is 7.38. The number of nitrogens with zero attached hydrogens (tertiary/aromatic N) is 3. The van der Waals surface area contributed by atoms with Crippen molar-refractivity contribution in [3.8, 4) is 11.1 Å². The Morgan fingerprint density at radius 1 is 0.872 bits per heavy atom. The molecule has 5 aromatic rings. The first-order valence-corrected chi connectivity index (χ1v) is 17.0. The van der Waals surface area contributed by atoms with Crippen LogP contribution in [0.5, 0.6) is 0 Å². The van der Waals surface area contributed by atoms with Crippen molar-refractivity contribution < 1.29 is 34.4 Å². The Labute approximate surface area is 268 Å². The number of nitrogens with two attached hydrogens (primary N) is 1. The van der Waals surface area contributed by atoms with Gasteiger partial charge in [0.05, 0.1) is 16.3 Å². The lowest BCUT2D eigenvalue weighted by atomic mass is 10.0. The Morgan fingerprint density at radius 3 is 2.26 bits per heavy atom. The number of amidine groups is 1. The van der Waals surface area contributed by atoms with Gasteiger partial charge in [-0.15, -0.1) is 5.11 Å². The van der Waals surface area contributed by atoms with Crippen LogP contribution in [0.2, 0.25) is 0 Å². The molecule has 0 radical (unpaired) electrons. The molecule has 47 heavy (non-hydrogen) atoms. The van der Waals surface area contributed by atoms with Crippen molar-refractivity contribution in [3.05, 3.63) is 120 Å². The van der Waals surface area contributed by atoms with Crippen LogP contribution >= 0.6 is 0 Å². The number of rotatable bonds is 10. The first-order chi connectivity index (χ1) is 22.2. The monoisotopic (exact) mass is 683 g/mol. The lowest BCUT2D eigenvalue weighted by Gasteiger charge is -2.24. The molecule has 1 aromatic heterocycles. The summed E-state index contributed by atoms with van der Waals surface area (Å²) in [5.41, 5.74) is 9.17. The first kappa shape index (κ1) is 33.5. The molecule has 5 rings (SSSR count). The molecule has 0 fully saturated rings. The highest BCUT2D eigenvalue weighted by atomic mass is 32.2. The molecule has 0 aliphatic rings. The van der Waals surface area contributed by atoms with Crippen LogP contribution in [-0.2, 0) is 39.1 Å². The van der Waals surface area contributed by atoms with Crippen molar-refractivity contribution in [1.82, 2.24) is 4.31 Å². The van der Waals surface area contributed by atoms with Gasteiger partial charge in [0, 0.05) is 11.9 Å². The minimum absolute atomic E-state index is 0.0360. The summed E-state index contributed by atoms with van der Waals surface area (Å²) in [4.78, 5) is -0.00261. The van der Waals surface area contributed by atoms with E-state index >= 15 is 0 Å². The number of furan rings is 1. The van der Waals surface area contributed by atoms with Gasteiger partial charge in [-0.2, -0.15) is 22.6 Å². The van der Waals surface area contributed by atoms with Crippen molar-refractivity contribution >= 4 is 36.5 Å². The smallest absolute Gasteiger partial charge is 0.449 e. The number of nitrogens with one attached hydrogen (secondary N) is 1. The number of hydrogen-bond acceptors (Lipinski definition) is 8. The van der Waals surface area contributed by atoms with Gasteiger partial charge in [0.2, 0.25) is 15.8 Å². The fourth-order valence-corrected chi connectivity index (χ4v) is 8.12. The van der Waals surface area contributed by atoms with Crippen molar-refractivity contribution in [2.75, 3.05) is 5.75 Å². The van der Waals surface area contributed by atoms with Gasteiger partial charge in [-0.1, -0.05) is 72.8 Å². The van der Waals surface area contributed by atoms with E-state index in [4.69, 9.17) is 15.8 Å². The molecule has 1 heterocycles. The van der Waals surface area contributed by atoms with Gasteiger partial charge in [0.25, 0.3) is 0 Å². The zero-order chi connectivity index (χ0) is 34.0. The maximum atomic E-state index is 14.3. The molecule has 0 saturated carbocycles. The van der Waals surface area contributed by atoms with Crippen molar-refractivity contribution in [3.63, 3.8) is 0 Å². The Balaban J connectivity index is 1.49. The minimum atomic E-state index is -4.74. The van der Waals surface area contributed by atoms with Gasteiger partial charge in [0.1, 0.15) is 11.5 Å². The maximum absolute atomic E-state index is 14.3. The molecular weight excluding hydrogens is 656 g/mol. The summed E-state index contributed by atoms with van der Waals surface area (Å²) in [6.45, 7) is 0.974. The molecule has 0 amide bonds. The highest BCUT2D eigenvalue weighted by molar-refractivity contribution is 7.92. The van der Waals surface area contributed by atoms with E-state index in [1.807, 2.05) is 0 Å². The molecule has 10 nitrogen and oxygen atoms in total. The van der Waals surface area contributed by atoms with E-state index in [1.54, 1.807) is 79.7 Å². The third kappa shape index (κ3) is 7.26. The molecule has 0 unspecified atom stereocenters. The second kappa shape index (κ2) is 13.1. The number of sulfone groups is 1. The number of fused-ring (bicyclic) bond motifs is 1. The topological polar surface area (TPSA) is 159 Å². The van der Waals surface area contributed by atoms with Crippen LogP contribution in [0.15, 0.2) is 121 Å². The number of sulfonamides is 1. The van der Waals surface area contributed by atoms with Crippen molar-refractivity contribution in [2.24, 2.45) is 16.1 Å². The molecular formula is C32H28F3N5O5S2. The van der Waals surface area contributed by atoms with Crippen LogP contribution in [0.25, 0.3) is 21.9 Å². The number of aryl methyl sites for hydroxylation is 1. The van der Waals surface area contributed by atoms with Gasteiger partial charge in [-0.3, -0.25) is 0 Å². The molecule has 4 aromatic carbocycles. The van der Waals surface area contributed by atoms with Crippen molar-refractivity contribution in [2.45, 2.75) is 36.0 Å². The normalized spacial score (nSPS) is 12.9. The predicted molar refractivity (Wildman–Crippen MR) is 170 cm³/mol. The van der Waals surface area contributed by atoms with Crippen molar-refractivity contribution in [1.29, 1.82) is 5.53 Å². The van der Waals surface area contributed by atoms with Gasteiger partial charge in [-0.05, 0) is 58.8 Å². The Hall–Kier alpha value is -4.86. The number of hydrazone groups is 1. The Morgan fingerprint density at radius 2 is 1.60 bits per heavy atom. The summed E-state index contributed by atoms with van der Waals surface area (Å²) in [5.74, 6) is 2.67. The molecule has 3 N–H and O–H groups in total. The molecule has 0 spiro atoms. The van der Waals surface area contributed by atoms with Crippen LogP contribution in [0.4, 0.5) is 13.2 Å². The van der Waals surface area contributed by atoms with E-state index in [0.717, 1.165) is 16.4 Å². The minimum Gasteiger partial charge on any atom is -0.455 e. The van der Waals surface area contributed by atoms with Crippen LogP contribution in [0.3, 0.4) is 0 Å². The molecule has 0 aliphatic heterocycles. The van der Waals surface area contributed by atoms with E-state index in [2.05, 4.69) is 10.2 Å². The summed E-state index contributed by atoms with van der Waals surface area (Å²) in [6, 6.07) is 25.0. The zero-order valence-electron chi connectivity index (χ0n) is 24.8. The summed E-state index contributed by atoms with van der Waals surface area (Å²) in [6.07, 6.45) is -4.74. The number of hydrogen-bond donors (Lipinski definition) is 2. The standard InChI is InChI=1S/C32H28F3N5O5S2/c1-21-9-12-24-5-2-3-8-28(24)31(21)47(43,44)40(19-26-15-16-29(45-26)32(33,34)35)18-22-10-13-23(14-11-22)25-6-4-7-27(17-25)46(41,42)20-30(38-36)39-37/h2-17,36H,18-20,37H2,1H3/b38-36?,39-30-. The lowest BCUT2D eigenvalue weighted by molar-refractivity contribution is -0.153. The van der Waals surface area contributed by atoms with Gasteiger partial charge in [0.15, 0.2) is 15.7 Å². The van der Waals surface area contributed by atoms with E-state index in [9.17, 15) is 30.0 Å². The number of halogens is 3. The van der Waals surface area contributed by atoms with Gasteiger partial charge in [-0.25, -0.2) is 22.4 Å². The van der Waals surface area contributed by atoms with Crippen LogP contribution < -0.4 is 5.84 Å². The van der Waals surface area contributed by atoms with Gasteiger partial charge < -0.3 is 10.3 Å². The fourth-order valence-electron chi connectivity index (χ4n) is 5.07. The Bertz CT molecular complexity index is 2200. The molecule has 0 saturated heterocycles. The average molecular weight is 684 g/mol. The third-order valence-corrected chi connectivity index (χ3v) is 11.0. The number of alkyl halides is 3. The molecule has 244 valence electrons. The average Bonchev–Trinajstić information content (AvgIpc) is 3.53. The van der Waals surface area contributed by atoms with Gasteiger partial charge >= 0.3 is 6.18 Å². The highest BCUT2D eigenvalue weighted by Gasteiger charge is 2.36.